The highest BCUT2D eigenvalue weighted by Gasteiger charge is 2.28. The van der Waals surface area contributed by atoms with Gasteiger partial charge in [-0.1, -0.05) is 42.5 Å². The fourth-order valence-electron chi connectivity index (χ4n) is 3.39. The Labute approximate surface area is 164 Å². The van der Waals surface area contributed by atoms with E-state index in [0.717, 1.165) is 18.1 Å². The van der Waals surface area contributed by atoms with Gasteiger partial charge in [0.1, 0.15) is 5.75 Å². The molecule has 1 N–H and O–H groups in total. The van der Waals surface area contributed by atoms with E-state index in [1.165, 1.54) is 5.56 Å². The number of amides is 2. The van der Waals surface area contributed by atoms with E-state index in [1.54, 1.807) is 18.2 Å². The molecule has 2 amide bonds. The molecule has 0 fully saturated rings. The molecule has 1 aliphatic heterocycles. The number of carbonyl (C=O) groups is 1. The summed E-state index contributed by atoms with van der Waals surface area (Å²) < 4.78 is 5.33. The minimum Gasteiger partial charge on any atom is -0.495 e. The van der Waals surface area contributed by atoms with Crippen LogP contribution < -0.4 is 19.9 Å². The van der Waals surface area contributed by atoms with Gasteiger partial charge in [-0.3, -0.25) is 4.90 Å². The van der Waals surface area contributed by atoms with Gasteiger partial charge in [0.05, 0.1) is 18.5 Å². The smallest absolute Gasteiger partial charge is 0.326 e. The van der Waals surface area contributed by atoms with Gasteiger partial charge >= 0.3 is 6.03 Å². The van der Waals surface area contributed by atoms with Crippen LogP contribution in [0.1, 0.15) is 5.56 Å². The number of carbonyl (C=O) groups excluding carboxylic acids is 1. The monoisotopic (exact) mass is 374 g/mol. The summed E-state index contributed by atoms with van der Waals surface area (Å²) in [5.41, 5.74) is 2.66. The van der Waals surface area contributed by atoms with Gasteiger partial charge in [0.15, 0.2) is 5.82 Å². The number of anilines is 3. The van der Waals surface area contributed by atoms with Crippen LogP contribution in [0.25, 0.3) is 0 Å². The molecule has 28 heavy (non-hydrogen) atoms. The molecule has 0 radical (unpaired) electrons. The maximum absolute atomic E-state index is 13.0. The minimum atomic E-state index is -0.196. The maximum Gasteiger partial charge on any atom is 0.326 e. The van der Waals surface area contributed by atoms with Crippen LogP contribution in [0.5, 0.6) is 5.75 Å². The molecule has 0 saturated carbocycles. The molecule has 6 nitrogen and oxygen atoms in total. The second-order valence-corrected chi connectivity index (χ2v) is 6.54. The number of hydrogen-bond donors (Lipinski definition) is 1. The fourth-order valence-corrected chi connectivity index (χ4v) is 3.39. The molecule has 1 aromatic heterocycles. The topological polar surface area (TPSA) is 57.7 Å². The Morgan fingerprint density at radius 3 is 2.64 bits per heavy atom. The average Bonchev–Trinajstić information content (AvgIpc) is 2.75. The molecule has 142 valence electrons. The van der Waals surface area contributed by atoms with Crippen molar-refractivity contribution in [2.75, 3.05) is 35.3 Å². The molecule has 2 heterocycles. The molecule has 1 aliphatic rings. The number of methoxy groups -OCH3 is 1. The fraction of sp³-hybridized carbons (Fsp3) is 0.182. The number of nitrogens with zero attached hydrogens (tertiary/aromatic N) is 3. The number of nitrogens with one attached hydrogen (secondary N) is 1. The van der Waals surface area contributed by atoms with E-state index in [9.17, 15) is 4.79 Å². The maximum atomic E-state index is 13.0. The second-order valence-electron chi connectivity index (χ2n) is 6.54. The van der Waals surface area contributed by atoms with Crippen molar-refractivity contribution in [2.45, 2.75) is 6.54 Å². The Bertz CT molecular complexity index is 962. The number of rotatable bonds is 4. The number of pyridine rings is 1. The molecule has 0 aliphatic carbocycles. The number of hydrogen-bond acceptors (Lipinski definition) is 4. The lowest BCUT2D eigenvalue weighted by Gasteiger charge is -2.36. The van der Waals surface area contributed by atoms with Crippen molar-refractivity contribution in [3.05, 3.63) is 78.5 Å². The Morgan fingerprint density at radius 1 is 1.04 bits per heavy atom. The lowest BCUT2D eigenvalue weighted by Crippen LogP contribution is -2.46. The predicted octanol–water partition coefficient (Wildman–Crippen LogP) is 4.15. The third-order valence-corrected chi connectivity index (χ3v) is 4.76. The number of benzene rings is 2. The van der Waals surface area contributed by atoms with Crippen molar-refractivity contribution < 1.29 is 9.53 Å². The van der Waals surface area contributed by atoms with Gasteiger partial charge in [0.2, 0.25) is 0 Å². The predicted molar refractivity (Wildman–Crippen MR) is 111 cm³/mol. The van der Waals surface area contributed by atoms with Crippen molar-refractivity contribution in [2.24, 2.45) is 0 Å². The first-order valence-corrected chi connectivity index (χ1v) is 9.21. The molecule has 0 spiro atoms. The van der Waals surface area contributed by atoms with E-state index >= 15 is 0 Å². The van der Waals surface area contributed by atoms with E-state index in [1.807, 2.05) is 54.6 Å². The molecule has 2 aromatic carbocycles. The van der Waals surface area contributed by atoms with E-state index in [4.69, 9.17) is 4.74 Å². The highest BCUT2D eigenvalue weighted by atomic mass is 16.5. The molecule has 0 saturated heterocycles. The summed E-state index contributed by atoms with van der Waals surface area (Å²) in [5.74, 6) is 1.44. The number of ether oxygens (including phenoxy) is 1. The lowest BCUT2D eigenvalue weighted by atomic mass is 10.2. The zero-order valence-electron chi connectivity index (χ0n) is 15.7. The molecule has 0 bridgehead atoms. The van der Waals surface area contributed by atoms with Gasteiger partial charge in [0.25, 0.3) is 0 Å². The Balaban J connectivity index is 1.57. The minimum absolute atomic E-state index is 0.196. The first kappa shape index (κ1) is 17.9. The first-order chi connectivity index (χ1) is 13.8. The first-order valence-electron chi connectivity index (χ1n) is 9.21. The number of fused-ring (bicyclic) bond motifs is 1. The quantitative estimate of drug-likeness (QED) is 0.745. The summed E-state index contributed by atoms with van der Waals surface area (Å²) in [6, 6.07) is 21.3. The molecule has 3 aromatic rings. The van der Waals surface area contributed by atoms with Gasteiger partial charge in [-0.05, 0) is 29.8 Å². The van der Waals surface area contributed by atoms with Gasteiger partial charge in [0, 0.05) is 25.8 Å². The summed E-state index contributed by atoms with van der Waals surface area (Å²) in [7, 11) is 1.59. The van der Waals surface area contributed by atoms with Crippen molar-refractivity contribution in [3.63, 3.8) is 0 Å². The van der Waals surface area contributed by atoms with Crippen LogP contribution in [0.3, 0.4) is 0 Å². The molecule has 4 rings (SSSR count). The van der Waals surface area contributed by atoms with E-state index in [-0.39, 0.29) is 6.03 Å². The highest BCUT2D eigenvalue weighted by molar-refractivity contribution is 6.04. The molecular formula is C22H22N4O2. The molecule has 0 unspecified atom stereocenters. The lowest BCUT2D eigenvalue weighted by molar-refractivity contribution is 0.256. The summed E-state index contributed by atoms with van der Waals surface area (Å²) in [5, 5.41) is 2.95. The van der Waals surface area contributed by atoms with Gasteiger partial charge < -0.3 is 15.0 Å². The summed E-state index contributed by atoms with van der Waals surface area (Å²) >= 11 is 0. The van der Waals surface area contributed by atoms with Crippen molar-refractivity contribution >= 4 is 23.2 Å². The standard InChI is InChI=1S/C22H22N4O2/c1-28-20-12-6-5-10-18(20)24-22(27)26-15-14-25(16-17-8-3-2-4-9-17)21-19(26)11-7-13-23-21/h2-13H,14-16H2,1H3,(H,24,27). The Hall–Kier alpha value is -3.54. The van der Waals surface area contributed by atoms with Crippen molar-refractivity contribution in [1.82, 2.24) is 4.98 Å². The van der Waals surface area contributed by atoms with Crippen LogP contribution in [0, 0.1) is 0 Å². The summed E-state index contributed by atoms with van der Waals surface area (Å²) in [6.07, 6.45) is 1.76. The summed E-state index contributed by atoms with van der Waals surface area (Å²) in [4.78, 5) is 21.5. The molecule has 0 atom stereocenters. The SMILES string of the molecule is COc1ccccc1NC(=O)N1CCN(Cc2ccccc2)c2ncccc21. The van der Waals surface area contributed by atoms with E-state index in [0.29, 0.717) is 24.5 Å². The van der Waals surface area contributed by atoms with E-state index < -0.39 is 0 Å². The highest BCUT2D eigenvalue weighted by Crippen LogP contribution is 2.32. The second kappa shape index (κ2) is 8.00. The number of para-hydroxylation sites is 2. The van der Waals surface area contributed by atoms with Crippen LogP contribution in [0.2, 0.25) is 0 Å². The van der Waals surface area contributed by atoms with Crippen LogP contribution in [-0.2, 0) is 6.54 Å². The van der Waals surface area contributed by atoms with Crippen LogP contribution >= 0.6 is 0 Å². The van der Waals surface area contributed by atoms with Crippen molar-refractivity contribution in [3.8, 4) is 5.75 Å². The molecular weight excluding hydrogens is 352 g/mol. The molecule has 6 heteroatoms. The Morgan fingerprint density at radius 2 is 1.82 bits per heavy atom. The summed E-state index contributed by atoms with van der Waals surface area (Å²) in [6.45, 7) is 2.04. The van der Waals surface area contributed by atoms with Gasteiger partial charge in [-0.2, -0.15) is 0 Å². The van der Waals surface area contributed by atoms with Crippen LogP contribution in [0.15, 0.2) is 72.9 Å². The van der Waals surface area contributed by atoms with Gasteiger partial charge in [-0.25, -0.2) is 9.78 Å². The zero-order valence-corrected chi connectivity index (χ0v) is 15.7. The number of aromatic nitrogens is 1. The average molecular weight is 374 g/mol. The largest absolute Gasteiger partial charge is 0.495 e. The van der Waals surface area contributed by atoms with E-state index in [2.05, 4.69) is 27.3 Å². The third kappa shape index (κ3) is 3.62. The third-order valence-electron chi connectivity index (χ3n) is 4.76. The van der Waals surface area contributed by atoms with Crippen LogP contribution in [0.4, 0.5) is 22.0 Å². The number of urea groups is 1. The van der Waals surface area contributed by atoms with Crippen molar-refractivity contribution in [1.29, 1.82) is 0 Å². The Kier molecular flexibility index (Phi) is 5.10. The normalized spacial score (nSPS) is 13.0. The van der Waals surface area contributed by atoms with Crippen LogP contribution in [-0.4, -0.2) is 31.2 Å². The van der Waals surface area contributed by atoms with Gasteiger partial charge in [-0.15, -0.1) is 0 Å². The zero-order chi connectivity index (χ0) is 19.3.